The number of nitrogens with two attached hydrogens (primary N) is 1. The van der Waals surface area contributed by atoms with Crippen molar-refractivity contribution in [2.45, 2.75) is 13.3 Å². The van der Waals surface area contributed by atoms with Gasteiger partial charge in [-0.15, -0.1) is 0 Å². The second-order valence-corrected chi connectivity index (χ2v) is 2.87. The molecule has 4 heteroatoms. The van der Waals surface area contributed by atoms with Gasteiger partial charge in [0.15, 0.2) is 11.5 Å². The number of aromatic hydroxyl groups is 1. The molecule has 0 radical (unpaired) electrons. The van der Waals surface area contributed by atoms with Gasteiger partial charge in [-0.25, -0.2) is 0 Å². The van der Waals surface area contributed by atoms with Crippen molar-refractivity contribution in [1.29, 1.82) is 0 Å². The Kier molecular flexibility index (Phi) is 3.34. The molecule has 1 rings (SSSR count). The molecule has 0 heterocycles. The van der Waals surface area contributed by atoms with Gasteiger partial charge < -0.3 is 15.6 Å². The van der Waals surface area contributed by atoms with Gasteiger partial charge in [0.25, 0.3) is 5.91 Å². The highest BCUT2D eigenvalue weighted by Crippen LogP contribution is 2.29. The predicted octanol–water partition coefficient (Wildman–Crippen LogP) is 1.28. The van der Waals surface area contributed by atoms with Crippen LogP contribution in [-0.4, -0.2) is 17.6 Å². The van der Waals surface area contributed by atoms with Crippen molar-refractivity contribution in [1.82, 2.24) is 0 Å². The Morgan fingerprint density at radius 3 is 2.86 bits per heavy atom. The molecule has 0 aliphatic rings. The second kappa shape index (κ2) is 4.50. The van der Waals surface area contributed by atoms with Crippen LogP contribution in [0.15, 0.2) is 18.2 Å². The van der Waals surface area contributed by atoms with Gasteiger partial charge in [-0.2, -0.15) is 0 Å². The Balaban J connectivity index is 2.95. The molecule has 0 aromatic heterocycles. The number of primary amides is 1. The van der Waals surface area contributed by atoms with Crippen LogP contribution in [0.4, 0.5) is 0 Å². The average Bonchev–Trinajstić information content (AvgIpc) is 2.16. The summed E-state index contributed by atoms with van der Waals surface area (Å²) in [4.78, 5) is 10.9. The Morgan fingerprint density at radius 1 is 1.57 bits per heavy atom. The summed E-state index contributed by atoms with van der Waals surface area (Å²) < 4.78 is 5.22. The SMILES string of the molecule is CCCOc1cccc(C(N)=O)c1O. The summed E-state index contributed by atoms with van der Waals surface area (Å²) in [5.41, 5.74) is 5.14. The Labute approximate surface area is 82.3 Å². The van der Waals surface area contributed by atoms with E-state index in [4.69, 9.17) is 10.5 Å². The maximum Gasteiger partial charge on any atom is 0.252 e. The molecule has 4 nitrogen and oxygen atoms in total. The number of hydrogen-bond acceptors (Lipinski definition) is 3. The summed E-state index contributed by atoms with van der Waals surface area (Å²) >= 11 is 0. The van der Waals surface area contributed by atoms with Gasteiger partial charge in [-0.3, -0.25) is 4.79 Å². The molecule has 3 N–H and O–H groups in total. The van der Waals surface area contributed by atoms with Gasteiger partial charge in [0, 0.05) is 0 Å². The predicted molar refractivity (Wildman–Crippen MR) is 52.4 cm³/mol. The zero-order chi connectivity index (χ0) is 10.6. The molecule has 1 aromatic carbocycles. The highest BCUT2D eigenvalue weighted by atomic mass is 16.5. The Morgan fingerprint density at radius 2 is 2.29 bits per heavy atom. The van der Waals surface area contributed by atoms with E-state index in [2.05, 4.69) is 0 Å². The van der Waals surface area contributed by atoms with Crippen molar-refractivity contribution in [3.63, 3.8) is 0 Å². The van der Waals surface area contributed by atoms with Crippen LogP contribution >= 0.6 is 0 Å². The molecule has 0 aliphatic carbocycles. The van der Waals surface area contributed by atoms with E-state index >= 15 is 0 Å². The lowest BCUT2D eigenvalue weighted by Crippen LogP contribution is -2.11. The van der Waals surface area contributed by atoms with Crippen LogP contribution < -0.4 is 10.5 Å². The number of hydrogen-bond donors (Lipinski definition) is 2. The minimum Gasteiger partial charge on any atom is -0.504 e. The number of benzene rings is 1. The first-order valence-corrected chi connectivity index (χ1v) is 4.41. The van der Waals surface area contributed by atoms with Crippen LogP contribution in [0.1, 0.15) is 23.7 Å². The molecular weight excluding hydrogens is 182 g/mol. The first kappa shape index (κ1) is 10.4. The normalized spacial score (nSPS) is 9.79. The summed E-state index contributed by atoms with van der Waals surface area (Å²) in [5, 5.41) is 9.56. The lowest BCUT2D eigenvalue weighted by Gasteiger charge is -2.08. The van der Waals surface area contributed by atoms with Crippen molar-refractivity contribution < 1.29 is 14.6 Å². The van der Waals surface area contributed by atoms with Gasteiger partial charge in [-0.1, -0.05) is 13.0 Å². The quantitative estimate of drug-likeness (QED) is 0.760. The fourth-order valence-corrected chi connectivity index (χ4v) is 1.05. The summed E-state index contributed by atoms with van der Waals surface area (Å²) in [6.45, 7) is 2.45. The molecule has 1 aromatic rings. The highest BCUT2D eigenvalue weighted by molar-refractivity contribution is 5.96. The second-order valence-electron chi connectivity index (χ2n) is 2.87. The van der Waals surface area contributed by atoms with Crippen molar-refractivity contribution >= 4 is 5.91 Å². The number of carbonyl (C=O) groups excluding carboxylic acids is 1. The topological polar surface area (TPSA) is 72.5 Å². The molecule has 14 heavy (non-hydrogen) atoms. The summed E-state index contributed by atoms with van der Waals surface area (Å²) in [7, 11) is 0. The minimum atomic E-state index is -0.663. The number of rotatable bonds is 4. The fourth-order valence-electron chi connectivity index (χ4n) is 1.05. The zero-order valence-electron chi connectivity index (χ0n) is 7.99. The van der Waals surface area contributed by atoms with Crippen molar-refractivity contribution in [2.24, 2.45) is 5.73 Å². The number of carbonyl (C=O) groups is 1. The monoisotopic (exact) mass is 195 g/mol. The van der Waals surface area contributed by atoms with Crippen molar-refractivity contribution in [3.05, 3.63) is 23.8 Å². The molecule has 0 unspecified atom stereocenters. The number of amides is 1. The molecule has 76 valence electrons. The molecule has 0 saturated carbocycles. The van der Waals surface area contributed by atoms with E-state index in [0.29, 0.717) is 12.4 Å². The lowest BCUT2D eigenvalue weighted by molar-refractivity contribution is 0.0997. The zero-order valence-corrected chi connectivity index (χ0v) is 7.99. The van der Waals surface area contributed by atoms with Gasteiger partial charge in [0.1, 0.15) is 0 Å². The fraction of sp³-hybridized carbons (Fsp3) is 0.300. The number of phenols is 1. The molecule has 0 fully saturated rings. The lowest BCUT2D eigenvalue weighted by atomic mass is 10.2. The van der Waals surface area contributed by atoms with Gasteiger partial charge in [0.05, 0.1) is 12.2 Å². The van der Waals surface area contributed by atoms with Gasteiger partial charge >= 0.3 is 0 Å². The first-order valence-electron chi connectivity index (χ1n) is 4.41. The van der Waals surface area contributed by atoms with Crippen molar-refractivity contribution in [2.75, 3.05) is 6.61 Å². The third-order valence-electron chi connectivity index (χ3n) is 1.73. The number of para-hydroxylation sites is 1. The van der Waals surface area contributed by atoms with Crippen molar-refractivity contribution in [3.8, 4) is 11.5 Å². The first-order chi connectivity index (χ1) is 6.66. The maximum atomic E-state index is 10.9. The smallest absolute Gasteiger partial charge is 0.252 e. The van der Waals surface area contributed by atoms with Crippen LogP contribution in [-0.2, 0) is 0 Å². The third-order valence-corrected chi connectivity index (χ3v) is 1.73. The maximum absolute atomic E-state index is 10.9. The van der Waals surface area contributed by atoms with Gasteiger partial charge in [0.2, 0.25) is 0 Å². The molecule has 0 atom stereocenters. The van der Waals surface area contributed by atoms with Crippen LogP contribution in [0.5, 0.6) is 11.5 Å². The minimum absolute atomic E-state index is 0.0820. The molecule has 0 bridgehead atoms. The van der Waals surface area contributed by atoms with Crippen LogP contribution in [0.25, 0.3) is 0 Å². The average molecular weight is 195 g/mol. The van der Waals surface area contributed by atoms with Crippen LogP contribution in [0.2, 0.25) is 0 Å². The number of ether oxygens (including phenoxy) is 1. The largest absolute Gasteiger partial charge is 0.504 e. The van der Waals surface area contributed by atoms with E-state index < -0.39 is 5.91 Å². The summed E-state index contributed by atoms with van der Waals surface area (Å²) in [5.74, 6) is -0.555. The van der Waals surface area contributed by atoms with Crippen LogP contribution in [0.3, 0.4) is 0 Å². The third kappa shape index (κ3) is 2.16. The van der Waals surface area contributed by atoms with E-state index in [9.17, 15) is 9.90 Å². The molecule has 0 saturated heterocycles. The summed E-state index contributed by atoms with van der Waals surface area (Å²) in [6, 6.07) is 4.67. The Hall–Kier alpha value is -1.71. The standard InChI is InChI=1S/C10H13NO3/c1-2-6-14-8-5-3-4-7(9(8)12)10(11)13/h3-5,12H,2,6H2,1H3,(H2,11,13). The van der Waals surface area contributed by atoms with E-state index in [-0.39, 0.29) is 11.3 Å². The van der Waals surface area contributed by atoms with Crippen LogP contribution in [0, 0.1) is 0 Å². The van der Waals surface area contributed by atoms with E-state index in [1.807, 2.05) is 6.92 Å². The van der Waals surface area contributed by atoms with E-state index in [1.54, 1.807) is 12.1 Å². The molecule has 1 amide bonds. The summed E-state index contributed by atoms with van der Waals surface area (Å²) in [6.07, 6.45) is 0.834. The Bertz CT molecular complexity index is 336. The highest BCUT2D eigenvalue weighted by Gasteiger charge is 2.11. The van der Waals surface area contributed by atoms with Gasteiger partial charge in [-0.05, 0) is 18.6 Å². The molecule has 0 aliphatic heterocycles. The molecule has 0 spiro atoms. The van der Waals surface area contributed by atoms with E-state index in [0.717, 1.165) is 6.42 Å². The molecular formula is C10H13NO3. The van der Waals surface area contributed by atoms with E-state index in [1.165, 1.54) is 6.07 Å².